The van der Waals surface area contributed by atoms with Gasteiger partial charge in [-0.1, -0.05) is 12.2 Å². The van der Waals surface area contributed by atoms with E-state index in [0.29, 0.717) is 24.2 Å². The molecule has 7 heteroatoms. The molecule has 2 amide bonds. The lowest BCUT2D eigenvalue weighted by Crippen LogP contribution is -2.48. The van der Waals surface area contributed by atoms with E-state index >= 15 is 0 Å². The smallest absolute Gasteiger partial charge is 0.251 e. The summed E-state index contributed by atoms with van der Waals surface area (Å²) in [6.07, 6.45) is 2.41. The SMILES string of the molecule is CN1C(=O)CCC(Nc2ccc(C(N)=S)nc2)C1=O. The number of piperidine rings is 1. The van der Waals surface area contributed by atoms with Crippen LogP contribution in [-0.2, 0) is 9.59 Å². The van der Waals surface area contributed by atoms with Crippen molar-refractivity contribution < 1.29 is 9.59 Å². The number of anilines is 1. The first-order valence-corrected chi connectivity index (χ1v) is 6.22. The standard InChI is InChI=1S/C12H14N4O2S/c1-16-10(17)5-4-9(12(16)18)15-7-2-3-8(11(13)19)14-6-7/h2-3,6,9,15H,4-5H2,1H3,(H2,13,19). The lowest BCUT2D eigenvalue weighted by atomic mass is 10.0. The fraction of sp³-hybridized carbons (Fsp3) is 0.333. The van der Waals surface area contributed by atoms with Crippen LogP contribution in [0.3, 0.4) is 0 Å². The summed E-state index contributed by atoms with van der Waals surface area (Å²) in [5.41, 5.74) is 6.68. The maximum absolute atomic E-state index is 11.9. The van der Waals surface area contributed by atoms with Gasteiger partial charge in [0.15, 0.2) is 0 Å². The van der Waals surface area contributed by atoms with E-state index in [1.807, 2.05) is 0 Å². The molecule has 0 bridgehead atoms. The molecule has 0 spiro atoms. The molecule has 1 aliphatic heterocycles. The average molecular weight is 278 g/mol. The molecule has 1 aliphatic rings. The number of likely N-dealkylation sites (tertiary alicyclic amines) is 1. The number of rotatable bonds is 3. The number of nitrogens with one attached hydrogen (secondary N) is 1. The highest BCUT2D eigenvalue weighted by molar-refractivity contribution is 7.80. The minimum absolute atomic E-state index is 0.148. The Balaban J connectivity index is 2.07. The molecule has 2 rings (SSSR count). The average Bonchev–Trinajstić information content (AvgIpc) is 2.40. The zero-order valence-corrected chi connectivity index (χ0v) is 11.2. The van der Waals surface area contributed by atoms with Crippen molar-refractivity contribution in [3.8, 4) is 0 Å². The molecular formula is C12H14N4O2S. The van der Waals surface area contributed by atoms with Crippen molar-refractivity contribution in [2.24, 2.45) is 5.73 Å². The molecule has 0 aromatic carbocycles. The first-order chi connectivity index (χ1) is 8.99. The Morgan fingerprint density at radius 3 is 2.84 bits per heavy atom. The van der Waals surface area contributed by atoms with Crippen LogP contribution in [0.1, 0.15) is 18.5 Å². The second kappa shape index (κ2) is 5.31. The molecule has 1 unspecified atom stereocenters. The van der Waals surface area contributed by atoms with Crippen LogP contribution in [0.25, 0.3) is 0 Å². The van der Waals surface area contributed by atoms with E-state index in [2.05, 4.69) is 10.3 Å². The molecule has 0 saturated carbocycles. The topological polar surface area (TPSA) is 88.3 Å². The summed E-state index contributed by atoms with van der Waals surface area (Å²) in [4.78, 5) is 28.7. The van der Waals surface area contributed by atoms with Crippen LogP contribution >= 0.6 is 12.2 Å². The van der Waals surface area contributed by atoms with Gasteiger partial charge in [0, 0.05) is 13.5 Å². The number of nitrogens with zero attached hydrogens (tertiary/aromatic N) is 2. The zero-order chi connectivity index (χ0) is 14.0. The molecule has 6 nitrogen and oxygen atoms in total. The van der Waals surface area contributed by atoms with Gasteiger partial charge in [-0.3, -0.25) is 19.5 Å². The second-order valence-electron chi connectivity index (χ2n) is 4.32. The Morgan fingerprint density at radius 1 is 1.53 bits per heavy atom. The molecule has 0 aliphatic carbocycles. The van der Waals surface area contributed by atoms with E-state index < -0.39 is 6.04 Å². The molecule has 0 radical (unpaired) electrons. The van der Waals surface area contributed by atoms with Crippen LogP contribution in [0.4, 0.5) is 5.69 Å². The van der Waals surface area contributed by atoms with E-state index in [1.165, 1.54) is 7.05 Å². The summed E-state index contributed by atoms with van der Waals surface area (Å²) < 4.78 is 0. The van der Waals surface area contributed by atoms with Crippen molar-refractivity contribution in [1.29, 1.82) is 0 Å². The quantitative estimate of drug-likeness (QED) is 0.609. The predicted molar refractivity (Wildman–Crippen MR) is 74.5 cm³/mol. The monoisotopic (exact) mass is 278 g/mol. The summed E-state index contributed by atoms with van der Waals surface area (Å²) in [6.45, 7) is 0. The summed E-state index contributed by atoms with van der Waals surface area (Å²) in [5, 5.41) is 3.06. The maximum Gasteiger partial charge on any atom is 0.251 e. The normalized spacial score (nSPS) is 19.4. The van der Waals surface area contributed by atoms with Gasteiger partial charge < -0.3 is 11.1 Å². The molecule has 1 fully saturated rings. The van der Waals surface area contributed by atoms with Crippen molar-refractivity contribution >= 4 is 34.7 Å². The fourth-order valence-corrected chi connectivity index (χ4v) is 2.00. The summed E-state index contributed by atoms with van der Waals surface area (Å²) in [7, 11) is 1.49. The minimum atomic E-state index is -0.403. The van der Waals surface area contributed by atoms with Gasteiger partial charge in [-0.2, -0.15) is 0 Å². The number of carbonyl (C=O) groups excluding carboxylic acids is 2. The maximum atomic E-state index is 11.9. The van der Waals surface area contributed by atoms with Crippen molar-refractivity contribution in [3.63, 3.8) is 0 Å². The third-order valence-corrected chi connectivity index (χ3v) is 3.22. The molecule has 100 valence electrons. The first kappa shape index (κ1) is 13.4. The summed E-state index contributed by atoms with van der Waals surface area (Å²) in [6, 6.07) is 3.04. The predicted octanol–water partition coefficient (Wildman–Crippen LogP) is 0.275. The number of likely N-dealkylation sites (N-methyl/N-ethyl adjacent to an activating group) is 1. The van der Waals surface area contributed by atoms with Crippen LogP contribution in [0.2, 0.25) is 0 Å². The van der Waals surface area contributed by atoms with Gasteiger partial charge in [0.2, 0.25) is 5.91 Å². The highest BCUT2D eigenvalue weighted by Gasteiger charge is 2.31. The summed E-state index contributed by atoms with van der Waals surface area (Å²) in [5.74, 6) is -0.375. The number of carbonyl (C=O) groups is 2. The Kier molecular flexibility index (Phi) is 3.75. The molecule has 1 aromatic heterocycles. The lowest BCUT2D eigenvalue weighted by molar-refractivity contribution is -0.146. The number of pyridine rings is 1. The zero-order valence-electron chi connectivity index (χ0n) is 10.4. The fourth-order valence-electron chi connectivity index (χ4n) is 1.88. The number of hydrogen-bond acceptors (Lipinski definition) is 5. The van der Waals surface area contributed by atoms with Crippen LogP contribution in [0, 0.1) is 0 Å². The number of amides is 2. The minimum Gasteiger partial charge on any atom is -0.388 e. The third kappa shape index (κ3) is 2.87. The molecule has 2 heterocycles. The highest BCUT2D eigenvalue weighted by atomic mass is 32.1. The number of thiocarbonyl (C=S) groups is 1. The van der Waals surface area contributed by atoms with Crippen molar-refractivity contribution in [2.75, 3.05) is 12.4 Å². The van der Waals surface area contributed by atoms with Gasteiger partial charge >= 0.3 is 0 Å². The number of nitrogens with two attached hydrogens (primary N) is 1. The Labute approximate surface area is 116 Å². The van der Waals surface area contributed by atoms with Crippen molar-refractivity contribution in [1.82, 2.24) is 9.88 Å². The molecule has 1 aromatic rings. The van der Waals surface area contributed by atoms with Gasteiger partial charge in [0.25, 0.3) is 5.91 Å². The third-order valence-electron chi connectivity index (χ3n) is 3.01. The molecule has 19 heavy (non-hydrogen) atoms. The lowest BCUT2D eigenvalue weighted by Gasteiger charge is -2.28. The van der Waals surface area contributed by atoms with Crippen LogP contribution in [0.5, 0.6) is 0 Å². The molecule has 1 saturated heterocycles. The first-order valence-electron chi connectivity index (χ1n) is 5.82. The largest absolute Gasteiger partial charge is 0.388 e. The number of imide groups is 1. The summed E-state index contributed by atoms with van der Waals surface area (Å²) >= 11 is 4.81. The Morgan fingerprint density at radius 2 is 2.26 bits per heavy atom. The van der Waals surface area contributed by atoms with Gasteiger partial charge in [-0.15, -0.1) is 0 Å². The van der Waals surface area contributed by atoms with Gasteiger partial charge in [0.05, 0.1) is 17.6 Å². The van der Waals surface area contributed by atoms with Crippen molar-refractivity contribution in [2.45, 2.75) is 18.9 Å². The van der Waals surface area contributed by atoms with E-state index in [4.69, 9.17) is 18.0 Å². The molecule has 1 atom stereocenters. The second-order valence-corrected chi connectivity index (χ2v) is 4.76. The van der Waals surface area contributed by atoms with E-state index in [-0.39, 0.29) is 16.8 Å². The van der Waals surface area contributed by atoms with Crippen molar-refractivity contribution in [3.05, 3.63) is 24.0 Å². The number of aromatic nitrogens is 1. The Bertz CT molecular complexity index is 529. The van der Waals surface area contributed by atoms with Gasteiger partial charge in [0.1, 0.15) is 11.0 Å². The highest BCUT2D eigenvalue weighted by Crippen LogP contribution is 2.16. The van der Waals surface area contributed by atoms with Crippen LogP contribution < -0.4 is 11.1 Å². The van der Waals surface area contributed by atoms with Crippen LogP contribution in [-0.4, -0.2) is 39.8 Å². The molecular weight excluding hydrogens is 264 g/mol. The van der Waals surface area contributed by atoms with E-state index in [0.717, 1.165) is 4.90 Å². The van der Waals surface area contributed by atoms with Crippen LogP contribution in [0.15, 0.2) is 18.3 Å². The molecule has 3 N–H and O–H groups in total. The van der Waals surface area contributed by atoms with E-state index in [9.17, 15) is 9.59 Å². The Hall–Kier alpha value is -2.02. The van der Waals surface area contributed by atoms with Gasteiger partial charge in [-0.05, 0) is 18.6 Å². The van der Waals surface area contributed by atoms with E-state index in [1.54, 1.807) is 18.3 Å². The number of hydrogen-bond donors (Lipinski definition) is 2. The van der Waals surface area contributed by atoms with Gasteiger partial charge in [-0.25, -0.2) is 0 Å².